The van der Waals surface area contributed by atoms with E-state index in [1.54, 1.807) is 0 Å². The first-order valence-electron chi connectivity index (χ1n) is 4.82. The molecule has 2 heterocycles. The number of rotatable bonds is 1. The highest BCUT2D eigenvalue weighted by atomic mass is 79.9. The van der Waals surface area contributed by atoms with Crippen LogP contribution in [0.3, 0.4) is 0 Å². The Balaban J connectivity index is 0.000000980. The van der Waals surface area contributed by atoms with E-state index in [2.05, 4.69) is 10.6 Å². The van der Waals surface area contributed by atoms with Crippen LogP contribution in [0, 0.1) is 11.8 Å². The topological polar surface area (TPSA) is 58.2 Å². The van der Waals surface area contributed by atoms with Crippen molar-refractivity contribution in [3.8, 4) is 0 Å². The zero-order valence-electron chi connectivity index (χ0n) is 7.91. The number of carbonyl (C=O) groups is 2. The van der Waals surface area contributed by atoms with Crippen LogP contribution in [0.15, 0.2) is 0 Å². The summed E-state index contributed by atoms with van der Waals surface area (Å²) in [4.78, 5) is 22.3. The van der Waals surface area contributed by atoms with Crippen LogP contribution >= 0.6 is 17.0 Å². The first-order chi connectivity index (χ1) is 6.27. The van der Waals surface area contributed by atoms with E-state index in [4.69, 9.17) is 0 Å². The van der Waals surface area contributed by atoms with Gasteiger partial charge in [-0.05, 0) is 31.8 Å². The summed E-state index contributed by atoms with van der Waals surface area (Å²) in [7, 11) is 0. The van der Waals surface area contributed by atoms with Crippen LogP contribution < -0.4 is 10.6 Å². The molecule has 2 atom stereocenters. The lowest BCUT2D eigenvalue weighted by Gasteiger charge is -2.25. The van der Waals surface area contributed by atoms with E-state index in [0.717, 1.165) is 25.9 Å². The third-order valence-corrected chi connectivity index (χ3v) is 2.95. The van der Waals surface area contributed by atoms with E-state index in [9.17, 15) is 9.59 Å². The highest BCUT2D eigenvalue weighted by Gasteiger charge is 2.34. The summed E-state index contributed by atoms with van der Waals surface area (Å²) in [5, 5.41) is 5.64. The number of imide groups is 1. The van der Waals surface area contributed by atoms with Crippen molar-refractivity contribution in [1.29, 1.82) is 0 Å². The van der Waals surface area contributed by atoms with Crippen LogP contribution in [0.5, 0.6) is 0 Å². The van der Waals surface area contributed by atoms with Crippen molar-refractivity contribution in [3.05, 3.63) is 0 Å². The fraction of sp³-hybridized carbons (Fsp3) is 0.778. The Hall–Kier alpha value is -0.420. The van der Waals surface area contributed by atoms with Crippen LogP contribution in [0.25, 0.3) is 0 Å². The number of piperidine rings is 1. The number of carbonyl (C=O) groups excluding carboxylic acids is 2. The van der Waals surface area contributed by atoms with Gasteiger partial charge in [0, 0.05) is 12.3 Å². The molecule has 80 valence electrons. The summed E-state index contributed by atoms with van der Waals surface area (Å²) < 4.78 is 0. The highest BCUT2D eigenvalue weighted by molar-refractivity contribution is 8.93. The molecular formula is C9H15BrN2O2. The Labute approximate surface area is 93.6 Å². The molecule has 0 radical (unpaired) electrons. The third-order valence-electron chi connectivity index (χ3n) is 2.95. The zero-order valence-corrected chi connectivity index (χ0v) is 9.63. The minimum Gasteiger partial charge on any atom is -0.316 e. The van der Waals surface area contributed by atoms with Gasteiger partial charge in [0.25, 0.3) is 0 Å². The van der Waals surface area contributed by atoms with Crippen molar-refractivity contribution in [2.75, 3.05) is 13.1 Å². The Morgan fingerprint density at radius 2 is 2.00 bits per heavy atom. The van der Waals surface area contributed by atoms with Crippen molar-refractivity contribution in [2.24, 2.45) is 11.8 Å². The fourth-order valence-electron chi connectivity index (χ4n) is 2.18. The molecule has 0 aromatic heterocycles. The molecular weight excluding hydrogens is 248 g/mol. The monoisotopic (exact) mass is 262 g/mol. The molecule has 0 saturated carbocycles. The number of amides is 2. The first-order valence-corrected chi connectivity index (χ1v) is 4.82. The molecule has 0 aromatic rings. The molecule has 2 saturated heterocycles. The highest BCUT2D eigenvalue weighted by Crippen LogP contribution is 2.25. The van der Waals surface area contributed by atoms with Gasteiger partial charge in [-0.1, -0.05) is 0 Å². The first kappa shape index (κ1) is 11.7. The van der Waals surface area contributed by atoms with Crippen LogP contribution in [0.1, 0.15) is 19.3 Å². The van der Waals surface area contributed by atoms with Gasteiger partial charge >= 0.3 is 0 Å². The van der Waals surface area contributed by atoms with Gasteiger partial charge in [0.15, 0.2) is 0 Å². The minimum atomic E-state index is -0.118. The van der Waals surface area contributed by atoms with Crippen molar-refractivity contribution in [1.82, 2.24) is 10.6 Å². The Morgan fingerprint density at radius 3 is 2.57 bits per heavy atom. The summed E-state index contributed by atoms with van der Waals surface area (Å²) in [5.41, 5.74) is 0. The molecule has 2 amide bonds. The Morgan fingerprint density at radius 1 is 1.21 bits per heavy atom. The average Bonchev–Trinajstić information content (AvgIpc) is 2.56. The lowest BCUT2D eigenvalue weighted by molar-refractivity contribution is -0.137. The molecule has 2 N–H and O–H groups in total. The molecule has 0 aliphatic carbocycles. The van der Waals surface area contributed by atoms with Gasteiger partial charge in [-0.15, -0.1) is 17.0 Å². The predicted molar refractivity (Wildman–Crippen MR) is 57.2 cm³/mol. The smallest absolute Gasteiger partial charge is 0.230 e. The third kappa shape index (κ3) is 2.33. The fourth-order valence-corrected chi connectivity index (χ4v) is 2.18. The SMILES string of the molecule is Br.O=C1CCC(C2CCNC2)C(=O)N1. The lowest BCUT2D eigenvalue weighted by atomic mass is 9.85. The van der Waals surface area contributed by atoms with Gasteiger partial charge in [0.2, 0.25) is 11.8 Å². The summed E-state index contributed by atoms with van der Waals surface area (Å²) >= 11 is 0. The maximum Gasteiger partial charge on any atom is 0.230 e. The van der Waals surface area contributed by atoms with Crippen molar-refractivity contribution in [3.63, 3.8) is 0 Å². The van der Waals surface area contributed by atoms with E-state index in [1.807, 2.05) is 0 Å². The van der Waals surface area contributed by atoms with E-state index < -0.39 is 0 Å². The van der Waals surface area contributed by atoms with Crippen LogP contribution in [0.4, 0.5) is 0 Å². The number of halogens is 1. The normalized spacial score (nSPS) is 32.3. The molecule has 2 aliphatic rings. The summed E-state index contributed by atoms with van der Waals surface area (Å²) in [6.45, 7) is 1.93. The van der Waals surface area contributed by atoms with Crippen molar-refractivity contribution >= 4 is 28.8 Å². The minimum absolute atomic E-state index is 0. The molecule has 2 unspecified atom stereocenters. The van der Waals surface area contributed by atoms with Crippen LogP contribution in [-0.4, -0.2) is 24.9 Å². The Kier molecular flexibility index (Phi) is 4.07. The van der Waals surface area contributed by atoms with Gasteiger partial charge in [-0.25, -0.2) is 0 Å². The van der Waals surface area contributed by atoms with E-state index in [-0.39, 0.29) is 34.7 Å². The molecule has 14 heavy (non-hydrogen) atoms. The molecule has 0 aromatic carbocycles. The zero-order chi connectivity index (χ0) is 9.26. The summed E-state index contributed by atoms with van der Waals surface area (Å²) in [6, 6.07) is 0. The molecule has 2 aliphatic heterocycles. The van der Waals surface area contributed by atoms with Crippen LogP contribution in [0.2, 0.25) is 0 Å². The number of hydrogen-bond donors (Lipinski definition) is 2. The van der Waals surface area contributed by atoms with Crippen molar-refractivity contribution in [2.45, 2.75) is 19.3 Å². The second-order valence-electron chi connectivity index (χ2n) is 3.81. The maximum atomic E-state index is 11.4. The summed E-state index contributed by atoms with van der Waals surface area (Å²) in [6.07, 6.45) is 2.30. The lowest BCUT2D eigenvalue weighted by Crippen LogP contribution is -2.44. The average molecular weight is 263 g/mol. The van der Waals surface area contributed by atoms with Crippen molar-refractivity contribution < 1.29 is 9.59 Å². The second-order valence-corrected chi connectivity index (χ2v) is 3.81. The molecule has 0 bridgehead atoms. The largest absolute Gasteiger partial charge is 0.316 e. The van der Waals surface area contributed by atoms with Gasteiger partial charge in [-0.2, -0.15) is 0 Å². The van der Waals surface area contributed by atoms with Gasteiger partial charge in [0.05, 0.1) is 0 Å². The van der Waals surface area contributed by atoms with E-state index in [0.29, 0.717) is 12.3 Å². The quantitative estimate of drug-likeness (QED) is 0.666. The standard InChI is InChI=1S/C9H14N2O2.BrH/c12-8-2-1-7(9(13)11-8)6-3-4-10-5-6;/h6-7,10H,1-5H2,(H,11,12,13);1H. The molecule has 5 heteroatoms. The number of nitrogens with one attached hydrogen (secondary N) is 2. The van der Waals surface area contributed by atoms with E-state index in [1.165, 1.54) is 0 Å². The van der Waals surface area contributed by atoms with Gasteiger partial charge in [0.1, 0.15) is 0 Å². The van der Waals surface area contributed by atoms with Crippen LogP contribution in [-0.2, 0) is 9.59 Å². The predicted octanol–water partition coefficient (Wildman–Crippen LogP) is 0.227. The van der Waals surface area contributed by atoms with E-state index >= 15 is 0 Å². The number of hydrogen-bond acceptors (Lipinski definition) is 3. The second kappa shape index (κ2) is 4.89. The van der Waals surface area contributed by atoms with Gasteiger partial charge < -0.3 is 5.32 Å². The van der Waals surface area contributed by atoms with Gasteiger partial charge in [-0.3, -0.25) is 14.9 Å². The molecule has 2 rings (SSSR count). The maximum absolute atomic E-state index is 11.4. The summed E-state index contributed by atoms with van der Waals surface area (Å²) in [5.74, 6) is 0.318. The Bertz CT molecular complexity index is 239. The molecule has 0 spiro atoms. The molecule has 4 nitrogen and oxygen atoms in total. The molecule has 2 fully saturated rings.